The number of benzene rings is 1. The normalized spacial score (nSPS) is 11.7. The molecule has 0 saturated heterocycles. The predicted molar refractivity (Wildman–Crippen MR) is 97.9 cm³/mol. The largest absolute Gasteiger partial charge is 0.382 e. The number of H-pyrrole nitrogens is 1. The highest BCUT2D eigenvalue weighted by Crippen LogP contribution is 2.26. The van der Waals surface area contributed by atoms with Crippen LogP contribution in [0.15, 0.2) is 53.8 Å². The van der Waals surface area contributed by atoms with Crippen LogP contribution in [0, 0.1) is 0 Å². The van der Waals surface area contributed by atoms with E-state index in [9.17, 15) is 8.42 Å². The van der Waals surface area contributed by atoms with Gasteiger partial charge in [0.15, 0.2) is 21.5 Å². The number of fused-ring (bicyclic) bond motifs is 1. The summed E-state index contributed by atoms with van der Waals surface area (Å²) in [6.45, 7) is 0. The molecule has 9 heteroatoms. The molecule has 0 saturated carbocycles. The summed E-state index contributed by atoms with van der Waals surface area (Å²) < 4.78 is 23.2. The minimum absolute atomic E-state index is 0.244. The fourth-order valence-electron chi connectivity index (χ4n) is 2.55. The molecule has 1 aromatic carbocycles. The Morgan fingerprint density at radius 1 is 1.04 bits per heavy atom. The van der Waals surface area contributed by atoms with Crippen LogP contribution < -0.4 is 5.73 Å². The fraction of sp³-hybridized carbons (Fsp3) is 0.0588. The highest BCUT2D eigenvalue weighted by atomic mass is 32.2. The number of nitrogens with two attached hydrogens (primary N) is 1. The molecule has 0 spiro atoms. The Kier molecular flexibility index (Phi) is 3.66. The third kappa shape index (κ3) is 2.88. The van der Waals surface area contributed by atoms with Gasteiger partial charge in [-0.1, -0.05) is 12.1 Å². The number of pyridine rings is 1. The molecule has 0 bridgehead atoms. The molecule has 0 fully saturated rings. The summed E-state index contributed by atoms with van der Waals surface area (Å²) in [4.78, 5) is 20.6. The van der Waals surface area contributed by atoms with Crippen LogP contribution in [-0.2, 0) is 9.84 Å². The number of anilines is 1. The lowest BCUT2D eigenvalue weighted by molar-refractivity contribution is 0.602. The minimum atomic E-state index is -3.25. The van der Waals surface area contributed by atoms with E-state index in [4.69, 9.17) is 5.73 Å². The van der Waals surface area contributed by atoms with Crippen molar-refractivity contribution in [2.45, 2.75) is 4.90 Å². The van der Waals surface area contributed by atoms with Crippen LogP contribution in [0.2, 0.25) is 0 Å². The number of imidazole rings is 1. The Labute approximate surface area is 149 Å². The highest BCUT2D eigenvalue weighted by molar-refractivity contribution is 7.90. The second-order valence-electron chi connectivity index (χ2n) is 5.76. The van der Waals surface area contributed by atoms with E-state index in [1.165, 1.54) is 18.4 Å². The Morgan fingerprint density at radius 2 is 1.81 bits per heavy atom. The van der Waals surface area contributed by atoms with Crippen LogP contribution in [0.1, 0.15) is 0 Å². The molecule has 3 heterocycles. The zero-order valence-corrected chi connectivity index (χ0v) is 14.5. The molecule has 3 N–H and O–H groups in total. The van der Waals surface area contributed by atoms with Crippen molar-refractivity contribution >= 4 is 26.7 Å². The molecule has 0 amide bonds. The van der Waals surface area contributed by atoms with Gasteiger partial charge < -0.3 is 10.7 Å². The molecule has 8 nitrogen and oxygen atoms in total. The summed E-state index contributed by atoms with van der Waals surface area (Å²) >= 11 is 0. The van der Waals surface area contributed by atoms with Gasteiger partial charge in [-0.05, 0) is 18.2 Å². The standard InChI is InChI=1S/C17H14N6O2S/c1-26(24,25)11-4-2-10(3-5-11)13-9-20-16(18)15(21-13)17-22-12-6-7-19-8-14(12)23-17/h2-9H,1H3,(H2,18,20)(H,22,23). The second-order valence-corrected chi connectivity index (χ2v) is 7.78. The van der Waals surface area contributed by atoms with Gasteiger partial charge in [-0.15, -0.1) is 0 Å². The molecule has 3 aromatic heterocycles. The number of nitrogens with one attached hydrogen (secondary N) is 1. The second kappa shape index (κ2) is 5.88. The lowest BCUT2D eigenvalue weighted by atomic mass is 10.1. The van der Waals surface area contributed by atoms with Gasteiger partial charge in [-0.3, -0.25) is 4.98 Å². The monoisotopic (exact) mass is 366 g/mol. The van der Waals surface area contributed by atoms with Crippen LogP contribution in [0.5, 0.6) is 0 Å². The van der Waals surface area contributed by atoms with E-state index < -0.39 is 9.84 Å². The van der Waals surface area contributed by atoms with Gasteiger partial charge in [0, 0.05) is 18.0 Å². The van der Waals surface area contributed by atoms with Gasteiger partial charge >= 0.3 is 0 Å². The SMILES string of the molecule is CS(=O)(=O)c1ccc(-c2cnc(N)c(-c3nc4ccncc4[nH]3)n2)cc1. The summed E-state index contributed by atoms with van der Waals surface area (Å²) in [5.74, 6) is 0.737. The first-order chi connectivity index (χ1) is 12.4. The molecule has 0 aliphatic rings. The van der Waals surface area contributed by atoms with E-state index in [1.807, 2.05) is 0 Å². The van der Waals surface area contributed by atoms with Crippen molar-refractivity contribution in [1.82, 2.24) is 24.9 Å². The molecule has 26 heavy (non-hydrogen) atoms. The summed E-state index contributed by atoms with van der Waals surface area (Å²) in [6, 6.07) is 8.23. The highest BCUT2D eigenvalue weighted by Gasteiger charge is 2.14. The predicted octanol–water partition coefficient (Wildman–Crippen LogP) is 2.07. The molecular formula is C17H14N6O2S. The average Bonchev–Trinajstić information content (AvgIpc) is 3.05. The van der Waals surface area contributed by atoms with E-state index >= 15 is 0 Å². The van der Waals surface area contributed by atoms with Crippen molar-refractivity contribution in [3.63, 3.8) is 0 Å². The van der Waals surface area contributed by atoms with Crippen LogP contribution in [0.4, 0.5) is 5.82 Å². The van der Waals surface area contributed by atoms with Crippen molar-refractivity contribution < 1.29 is 8.42 Å². The third-order valence-electron chi connectivity index (χ3n) is 3.89. The number of hydrogen-bond donors (Lipinski definition) is 2. The summed E-state index contributed by atoms with van der Waals surface area (Å²) in [5.41, 5.74) is 9.20. The van der Waals surface area contributed by atoms with Crippen molar-refractivity contribution in [2.75, 3.05) is 12.0 Å². The molecule has 0 aliphatic carbocycles. The van der Waals surface area contributed by atoms with Crippen molar-refractivity contribution in [2.24, 2.45) is 0 Å². The zero-order valence-electron chi connectivity index (χ0n) is 13.7. The number of sulfone groups is 1. The first-order valence-corrected chi connectivity index (χ1v) is 9.54. The maximum atomic E-state index is 11.6. The van der Waals surface area contributed by atoms with Crippen LogP contribution in [0.3, 0.4) is 0 Å². The Hall–Kier alpha value is -3.33. The number of nitrogen functional groups attached to an aromatic ring is 1. The third-order valence-corrected chi connectivity index (χ3v) is 5.02. The van der Waals surface area contributed by atoms with Crippen LogP contribution in [-0.4, -0.2) is 39.6 Å². The summed E-state index contributed by atoms with van der Waals surface area (Å²) in [7, 11) is -3.25. The maximum Gasteiger partial charge on any atom is 0.175 e. The van der Waals surface area contributed by atoms with Crippen molar-refractivity contribution in [1.29, 1.82) is 0 Å². The van der Waals surface area contributed by atoms with Crippen molar-refractivity contribution in [3.8, 4) is 22.8 Å². The number of hydrogen-bond acceptors (Lipinski definition) is 7. The number of aromatic nitrogens is 5. The smallest absolute Gasteiger partial charge is 0.175 e. The molecule has 4 aromatic rings. The first-order valence-electron chi connectivity index (χ1n) is 7.65. The Bertz CT molecular complexity index is 1180. The lowest BCUT2D eigenvalue weighted by Crippen LogP contribution is -2.00. The van der Waals surface area contributed by atoms with E-state index in [1.54, 1.807) is 36.8 Å². The van der Waals surface area contributed by atoms with Gasteiger partial charge in [0.25, 0.3) is 0 Å². The maximum absolute atomic E-state index is 11.6. The van der Waals surface area contributed by atoms with Crippen molar-refractivity contribution in [3.05, 3.63) is 48.9 Å². The molecule has 0 atom stereocenters. The van der Waals surface area contributed by atoms with Gasteiger partial charge in [-0.25, -0.2) is 23.4 Å². The lowest BCUT2D eigenvalue weighted by Gasteiger charge is -2.06. The molecular weight excluding hydrogens is 352 g/mol. The van der Waals surface area contributed by atoms with E-state index in [-0.39, 0.29) is 10.7 Å². The van der Waals surface area contributed by atoms with E-state index in [0.717, 1.165) is 16.6 Å². The summed E-state index contributed by atoms with van der Waals surface area (Å²) in [6.07, 6.45) is 6.03. The Morgan fingerprint density at radius 3 is 2.50 bits per heavy atom. The van der Waals surface area contributed by atoms with E-state index in [0.29, 0.717) is 17.2 Å². The summed E-state index contributed by atoms with van der Waals surface area (Å²) in [5, 5.41) is 0. The molecule has 4 rings (SSSR count). The first kappa shape index (κ1) is 16.2. The zero-order chi connectivity index (χ0) is 18.3. The number of nitrogens with zero attached hydrogens (tertiary/aromatic N) is 4. The number of aromatic amines is 1. The van der Waals surface area contributed by atoms with E-state index in [2.05, 4.69) is 24.9 Å². The van der Waals surface area contributed by atoms with Crippen LogP contribution in [0.25, 0.3) is 33.8 Å². The van der Waals surface area contributed by atoms with Gasteiger partial charge in [-0.2, -0.15) is 0 Å². The number of rotatable bonds is 3. The minimum Gasteiger partial charge on any atom is -0.382 e. The van der Waals surface area contributed by atoms with Crippen LogP contribution >= 0.6 is 0 Å². The Balaban J connectivity index is 1.79. The molecule has 130 valence electrons. The quantitative estimate of drug-likeness (QED) is 0.568. The molecule has 0 radical (unpaired) electrons. The molecule has 0 unspecified atom stereocenters. The van der Waals surface area contributed by atoms with Gasteiger partial charge in [0.2, 0.25) is 0 Å². The van der Waals surface area contributed by atoms with Gasteiger partial charge in [0.05, 0.1) is 34.0 Å². The van der Waals surface area contributed by atoms with Gasteiger partial charge in [0.1, 0.15) is 5.69 Å². The molecule has 0 aliphatic heterocycles. The fourth-order valence-corrected chi connectivity index (χ4v) is 3.18. The average molecular weight is 366 g/mol. The topological polar surface area (TPSA) is 128 Å².